The van der Waals surface area contributed by atoms with E-state index in [1.165, 1.54) is 7.11 Å². The second kappa shape index (κ2) is 6.72. The maximum atomic E-state index is 11.5. The first-order valence-electron chi connectivity index (χ1n) is 6.96. The summed E-state index contributed by atoms with van der Waals surface area (Å²) in [4.78, 5) is 13.7. The average molecular weight is 278 g/mol. The van der Waals surface area contributed by atoms with Crippen LogP contribution in [0.3, 0.4) is 0 Å². The summed E-state index contributed by atoms with van der Waals surface area (Å²) in [6, 6.07) is 7.79. The summed E-state index contributed by atoms with van der Waals surface area (Å²) in [5, 5.41) is 9.66. The minimum absolute atomic E-state index is 0.0228. The molecule has 3 N–H and O–H groups in total. The number of piperidine rings is 1. The van der Waals surface area contributed by atoms with Crippen LogP contribution < -0.4 is 10.6 Å². The summed E-state index contributed by atoms with van der Waals surface area (Å²) in [7, 11) is 1.44. The highest BCUT2D eigenvalue weighted by Gasteiger charge is 2.25. The Bertz CT molecular complexity index is 439. The first kappa shape index (κ1) is 14.8. The molecule has 0 amide bonds. The van der Waals surface area contributed by atoms with E-state index in [0.717, 1.165) is 37.2 Å². The van der Waals surface area contributed by atoms with E-state index in [9.17, 15) is 9.90 Å². The summed E-state index contributed by atoms with van der Waals surface area (Å²) in [6.07, 6.45) is 1.04. The number of ether oxygens (including phenoxy) is 1. The van der Waals surface area contributed by atoms with Gasteiger partial charge in [-0.15, -0.1) is 0 Å². The number of carbonyl (C=O) groups excluding carboxylic acids is 1. The molecule has 1 atom stereocenters. The summed E-state index contributed by atoms with van der Waals surface area (Å²) >= 11 is 0. The monoisotopic (exact) mass is 278 g/mol. The van der Waals surface area contributed by atoms with E-state index in [2.05, 4.69) is 4.90 Å². The van der Waals surface area contributed by atoms with Crippen molar-refractivity contribution in [2.75, 3.05) is 31.6 Å². The lowest BCUT2D eigenvalue weighted by atomic mass is 9.96. The first-order valence-corrected chi connectivity index (χ1v) is 6.96. The van der Waals surface area contributed by atoms with Crippen LogP contribution in [0.1, 0.15) is 24.5 Å². The number of aliphatic hydroxyl groups is 1. The Hall–Kier alpha value is -1.59. The molecular formula is C15H22N2O3. The molecule has 1 aliphatic heterocycles. The van der Waals surface area contributed by atoms with Crippen molar-refractivity contribution in [3.63, 3.8) is 0 Å². The quantitative estimate of drug-likeness (QED) is 0.806. The van der Waals surface area contributed by atoms with Crippen molar-refractivity contribution in [3.8, 4) is 0 Å². The molecule has 0 bridgehead atoms. The van der Waals surface area contributed by atoms with Crippen LogP contribution in [0, 0.1) is 5.92 Å². The second-order valence-electron chi connectivity index (χ2n) is 5.13. The lowest BCUT2D eigenvalue weighted by Crippen LogP contribution is -2.36. The van der Waals surface area contributed by atoms with Crippen LogP contribution >= 0.6 is 0 Å². The fraction of sp³-hybridized carbons (Fsp3) is 0.533. The van der Waals surface area contributed by atoms with Crippen LogP contribution in [0.4, 0.5) is 5.69 Å². The smallest absolute Gasteiger partial charge is 0.308 e. The van der Waals surface area contributed by atoms with Gasteiger partial charge in [0.1, 0.15) is 0 Å². The van der Waals surface area contributed by atoms with E-state index < -0.39 is 6.10 Å². The minimum atomic E-state index is -0.603. The van der Waals surface area contributed by atoms with Gasteiger partial charge in [-0.1, -0.05) is 12.1 Å². The van der Waals surface area contributed by atoms with Gasteiger partial charge in [0.05, 0.1) is 19.1 Å². The van der Waals surface area contributed by atoms with Crippen molar-refractivity contribution in [1.29, 1.82) is 0 Å². The maximum Gasteiger partial charge on any atom is 0.308 e. The minimum Gasteiger partial charge on any atom is -0.469 e. The zero-order chi connectivity index (χ0) is 14.5. The molecular weight excluding hydrogens is 256 g/mol. The molecule has 1 unspecified atom stereocenters. The molecule has 1 fully saturated rings. The molecule has 2 rings (SSSR count). The van der Waals surface area contributed by atoms with Crippen molar-refractivity contribution in [3.05, 3.63) is 29.8 Å². The van der Waals surface area contributed by atoms with Crippen LogP contribution in [-0.2, 0) is 9.53 Å². The third-order valence-corrected chi connectivity index (χ3v) is 3.90. The van der Waals surface area contributed by atoms with Crippen LogP contribution in [0.2, 0.25) is 0 Å². The predicted molar refractivity (Wildman–Crippen MR) is 77.4 cm³/mol. The number of carbonyl (C=O) groups is 1. The van der Waals surface area contributed by atoms with Crippen LogP contribution in [0.15, 0.2) is 24.3 Å². The summed E-state index contributed by atoms with van der Waals surface area (Å²) in [6.45, 7) is 1.92. The fourth-order valence-corrected chi connectivity index (χ4v) is 2.58. The first-order chi connectivity index (χ1) is 9.65. The van der Waals surface area contributed by atoms with E-state index in [-0.39, 0.29) is 18.4 Å². The molecule has 1 aromatic rings. The lowest BCUT2D eigenvalue weighted by molar-refractivity contribution is -0.146. The van der Waals surface area contributed by atoms with Gasteiger partial charge >= 0.3 is 5.97 Å². The molecule has 1 heterocycles. The molecule has 0 aromatic heterocycles. The molecule has 0 saturated carbocycles. The number of hydrogen-bond donors (Lipinski definition) is 2. The Kier molecular flexibility index (Phi) is 4.98. The number of anilines is 1. The normalized spacial score (nSPS) is 17.9. The van der Waals surface area contributed by atoms with E-state index in [1.54, 1.807) is 0 Å². The zero-order valence-electron chi connectivity index (χ0n) is 11.8. The van der Waals surface area contributed by atoms with Gasteiger partial charge in [0, 0.05) is 25.3 Å². The van der Waals surface area contributed by atoms with Gasteiger partial charge in [0.25, 0.3) is 0 Å². The molecule has 1 aliphatic rings. The van der Waals surface area contributed by atoms with Crippen molar-refractivity contribution in [2.45, 2.75) is 18.9 Å². The summed E-state index contributed by atoms with van der Waals surface area (Å²) in [5.41, 5.74) is 7.38. The van der Waals surface area contributed by atoms with E-state index >= 15 is 0 Å². The van der Waals surface area contributed by atoms with E-state index in [4.69, 9.17) is 10.5 Å². The molecule has 0 radical (unpaired) electrons. The third-order valence-electron chi connectivity index (χ3n) is 3.90. The maximum absolute atomic E-state index is 11.5. The number of hydrogen-bond acceptors (Lipinski definition) is 5. The molecule has 1 aromatic carbocycles. The van der Waals surface area contributed by atoms with Crippen LogP contribution in [0.5, 0.6) is 0 Å². The van der Waals surface area contributed by atoms with Crippen LogP contribution in [-0.4, -0.2) is 37.8 Å². The standard InChI is InChI=1S/C15H22N2O3/c1-20-15(19)12-6-8-17(9-7-12)13-4-2-11(3-5-13)14(18)10-16/h2-5,12,14,18H,6-10,16H2,1H3. The highest BCUT2D eigenvalue weighted by molar-refractivity contribution is 5.72. The van der Waals surface area contributed by atoms with Crippen molar-refractivity contribution < 1.29 is 14.6 Å². The SMILES string of the molecule is COC(=O)C1CCN(c2ccc(C(O)CN)cc2)CC1. The third kappa shape index (κ3) is 3.29. The molecule has 20 heavy (non-hydrogen) atoms. The number of benzene rings is 1. The van der Waals surface area contributed by atoms with Gasteiger partial charge < -0.3 is 20.5 Å². The molecule has 5 heteroatoms. The second-order valence-corrected chi connectivity index (χ2v) is 5.13. The van der Waals surface area contributed by atoms with Gasteiger partial charge in [-0.25, -0.2) is 0 Å². The number of nitrogens with two attached hydrogens (primary N) is 1. The number of methoxy groups -OCH3 is 1. The summed E-state index contributed by atoms with van der Waals surface area (Å²) in [5.74, 6) is -0.0827. The number of aliphatic hydroxyl groups excluding tert-OH is 1. The molecule has 0 spiro atoms. The Labute approximate surface area is 119 Å². The van der Waals surface area contributed by atoms with Crippen molar-refractivity contribution >= 4 is 11.7 Å². The highest BCUT2D eigenvalue weighted by Crippen LogP contribution is 2.25. The Morgan fingerprint density at radius 1 is 1.40 bits per heavy atom. The predicted octanol–water partition coefficient (Wildman–Crippen LogP) is 1.07. The molecule has 5 nitrogen and oxygen atoms in total. The highest BCUT2D eigenvalue weighted by atomic mass is 16.5. The van der Waals surface area contributed by atoms with Crippen molar-refractivity contribution in [2.24, 2.45) is 11.7 Å². The Morgan fingerprint density at radius 3 is 2.50 bits per heavy atom. The van der Waals surface area contributed by atoms with Gasteiger partial charge in [-0.2, -0.15) is 0 Å². The van der Waals surface area contributed by atoms with Gasteiger partial charge in [0.15, 0.2) is 0 Å². The topological polar surface area (TPSA) is 75.8 Å². The number of nitrogens with zero attached hydrogens (tertiary/aromatic N) is 1. The molecule has 0 aliphatic carbocycles. The number of esters is 1. The molecule has 1 saturated heterocycles. The lowest BCUT2D eigenvalue weighted by Gasteiger charge is -2.32. The van der Waals surface area contributed by atoms with Gasteiger partial charge in [0.2, 0.25) is 0 Å². The molecule has 110 valence electrons. The average Bonchev–Trinajstić information content (AvgIpc) is 2.53. The van der Waals surface area contributed by atoms with E-state index in [1.807, 2.05) is 24.3 Å². The van der Waals surface area contributed by atoms with Crippen molar-refractivity contribution in [1.82, 2.24) is 0 Å². The largest absolute Gasteiger partial charge is 0.469 e. The fourth-order valence-electron chi connectivity index (χ4n) is 2.58. The summed E-state index contributed by atoms with van der Waals surface area (Å²) < 4.78 is 4.79. The van der Waals surface area contributed by atoms with Gasteiger partial charge in [-0.3, -0.25) is 4.79 Å². The van der Waals surface area contributed by atoms with Crippen LogP contribution in [0.25, 0.3) is 0 Å². The van der Waals surface area contributed by atoms with Gasteiger partial charge in [-0.05, 0) is 30.5 Å². The number of rotatable bonds is 4. The zero-order valence-corrected chi connectivity index (χ0v) is 11.8. The van der Waals surface area contributed by atoms with E-state index in [0.29, 0.717) is 0 Å². The Balaban J connectivity index is 1.95. The Morgan fingerprint density at radius 2 is 2.00 bits per heavy atom.